The fraction of sp³-hybridized carbons (Fsp3) is 0.600. The number of hydrogen-bond donors (Lipinski definition) is 0. The predicted octanol–water partition coefficient (Wildman–Crippen LogP) is 3.55. The van der Waals surface area contributed by atoms with Gasteiger partial charge in [-0.2, -0.15) is 5.10 Å². The number of aryl methyl sites for hydroxylation is 1. The molecule has 1 aliphatic rings. The van der Waals surface area contributed by atoms with Gasteiger partial charge in [0.2, 0.25) is 0 Å². The van der Waals surface area contributed by atoms with Crippen molar-refractivity contribution < 1.29 is 9.53 Å². The van der Waals surface area contributed by atoms with Gasteiger partial charge in [-0.15, -0.1) is 0 Å². The summed E-state index contributed by atoms with van der Waals surface area (Å²) in [6, 6.07) is 0. The maximum Gasteiger partial charge on any atom is 0.410 e. The normalized spacial score (nSPS) is 17.8. The average molecular weight is 371 g/mol. The number of aromatic nitrogens is 4. The van der Waals surface area contributed by atoms with Crippen molar-refractivity contribution in [3.63, 3.8) is 0 Å². The zero-order valence-electron chi connectivity index (χ0n) is 16.7. The number of carbonyl (C=O) groups excluding carboxylic acids is 1. The molecule has 146 valence electrons. The van der Waals surface area contributed by atoms with Crippen molar-refractivity contribution in [3.05, 3.63) is 30.5 Å². The zero-order valence-corrected chi connectivity index (χ0v) is 16.7. The van der Waals surface area contributed by atoms with Gasteiger partial charge in [0.1, 0.15) is 5.60 Å². The number of carbonyl (C=O) groups is 1. The van der Waals surface area contributed by atoms with E-state index < -0.39 is 5.60 Å². The molecule has 27 heavy (non-hydrogen) atoms. The van der Waals surface area contributed by atoms with Crippen LogP contribution in [0.2, 0.25) is 0 Å². The van der Waals surface area contributed by atoms with Gasteiger partial charge >= 0.3 is 6.09 Å². The first-order valence-corrected chi connectivity index (χ1v) is 9.66. The van der Waals surface area contributed by atoms with Crippen LogP contribution < -0.4 is 0 Å². The van der Waals surface area contributed by atoms with Crippen molar-refractivity contribution >= 4 is 6.09 Å². The Balaban J connectivity index is 1.71. The maximum absolute atomic E-state index is 12.4. The summed E-state index contributed by atoms with van der Waals surface area (Å²) >= 11 is 0. The number of rotatable bonds is 4. The molecular weight excluding hydrogens is 342 g/mol. The van der Waals surface area contributed by atoms with Crippen molar-refractivity contribution in [1.29, 1.82) is 0 Å². The van der Waals surface area contributed by atoms with E-state index in [1.54, 1.807) is 12.4 Å². The standard InChI is InChI=1S/C20H29N5O2/c1-5-25-14-16(12-23-25)18-17(21-8-9-22-18)11-15-7-6-10-24(13-15)19(26)27-20(2,3)4/h8-9,12,14-15H,5-7,10-11,13H2,1-4H3. The minimum Gasteiger partial charge on any atom is -0.444 e. The molecule has 7 heteroatoms. The quantitative estimate of drug-likeness (QED) is 0.822. The summed E-state index contributed by atoms with van der Waals surface area (Å²) in [5.41, 5.74) is 2.36. The molecule has 0 spiro atoms. The van der Waals surface area contributed by atoms with Crippen LogP contribution in [0, 0.1) is 5.92 Å². The number of amides is 1. The minimum absolute atomic E-state index is 0.226. The molecule has 0 aliphatic carbocycles. The van der Waals surface area contributed by atoms with Gasteiger partial charge in [0.25, 0.3) is 0 Å². The smallest absolute Gasteiger partial charge is 0.410 e. The van der Waals surface area contributed by atoms with Crippen LogP contribution in [-0.2, 0) is 17.7 Å². The third-order valence-corrected chi connectivity index (χ3v) is 4.66. The fourth-order valence-corrected chi connectivity index (χ4v) is 3.41. The molecule has 1 saturated heterocycles. The topological polar surface area (TPSA) is 73.1 Å². The van der Waals surface area contributed by atoms with E-state index in [1.807, 2.05) is 42.7 Å². The number of hydrogen-bond acceptors (Lipinski definition) is 5. The van der Waals surface area contributed by atoms with Crippen LogP contribution in [-0.4, -0.2) is 49.4 Å². The highest BCUT2D eigenvalue weighted by molar-refractivity contribution is 5.68. The van der Waals surface area contributed by atoms with Gasteiger partial charge in [0, 0.05) is 43.8 Å². The van der Waals surface area contributed by atoms with Crippen LogP contribution in [0.3, 0.4) is 0 Å². The summed E-state index contributed by atoms with van der Waals surface area (Å²) in [7, 11) is 0. The molecule has 1 aliphatic heterocycles. The van der Waals surface area contributed by atoms with E-state index >= 15 is 0 Å². The lowest BCUT2D eigenvalue weighted by molar-refractivity contribution is 0.0165. The molecule has 0 saturated carbocycles. The van der Waals surface area contributed by atoms with E-state index in [0.29, 0.717) is 12.5 Å². The minimum atomic E-state index is -0.471. The van der Waals surface area contributed by atoms with Crippen molar-refractivity contribution in [2.24, 2.45) is 5.92 Å². The highest BCUT2D eigenvalue weighted by Gasteiger charge is 2.28. The van der Waals surface area contributed by atoms with Gasteiger partial charge in [-0.3, -0.25) is 14.6 Å². The first-order valence-electron chi connectivity index (χ1n) is 9.66. The first kappa shape index (κ1) is 19.3. The molecule has 2 aromatic rings. The molecule has 1 unspecified atom stereocenters. The van der Waals surface area contributed by atoms with E-state index in [0.717, 1.165) is 49.3 Å². The highest BCUT2D eigenvalue weighted by Crippen LogP contribution is 2.26. The van der Waals surface area contributed by atoms with Gasteiger partial charge in [-0.05, 0) is 52.9 Å². The molecule has 0 aromatic carbocycles. The second-order valence-electron chi connectivity index (χ2n) is 8.08. The van der Waals surface area contributed by atoms with Gasteiger partial charge in [-0.25, -0.2) is 4.79 Å². The molecular formula is C20H29N5O2. The van der Waals surface area contributed by atoms with Gasteiger partial charge < -0.3 is 9.64 Å². The van der Waals surface area contributed by atoms with Crippen LogP contribution >= 0.6 is 0 Å². The molecule has 3 rings (SSSR count). The van der Waals surface area contributed by atoms with Gasteiger partial charge in [-0.1, -0.05) is 0 Å². The van der Waals surface area contributed by atoms with E-state index in [1.165, 1.54) is 0 Å². The Hall–Kier alpha value is -2.44. The monoisotopic (exact) mass is 371 g/mol. The summed E-state index contributed by atoms with van der Waals surface area (Å²) in [5.74, 6) is 0.350. The number of nitrogens with zero attached hydrogens (tertiary/aromatic N) is 5. The lowest BCUT2D eigenvalue weighted by atomic mass is 9.92. The zero-order chi connectivity index (χ0) is 19.4. The number of likely N-dealkylation sites (tertiary alicyclic amines) is 1. The molecule has 0 radical (unpaired) electrons. The van der Waals surface area contributed by atoms with E-state index in [2.05, 4.69) is 22.0 Å². The third kappa shape index (κ3) is 5.05. The fourth-order valence-electron chi connectivity index (χ4n) is 3.41. The van der Waals surface area contributed by atoms with Crippen molar-refractivity contribution in [2.45, 2.75) is 59.1 Å². The van der Waals surface area contributed by atoms with E-state index in [9.17, 15) is 4.79 Å². The Morgan fingerprint density at radius 1 is 1.30 bits per heavy atom. The SMILES string of the molecule is CCn1cc(-c2nccnc2CC2CCCN(C(=O)OC(C)(C)C)C2)cn1. The first-order chi connectivity index (χ1) is 12.9. The summed E-state index contributed by atoms with van der Waals surface area (Å²) < 4.78 is 7.42. The van der Waals surface area contributed by atoms with Crippen molar-refractivity contribution in [2.75, 3.05) is 13.1 Å². The molecule has 7 nitrogen and oxygen atoms in total. The molecule has 1 fully saturated rings. The highest BCUT2D eigenvalue weighted by atomic mass is 16.6. The lowest BCUT2D eigenvalue weighted by Crippen LogP contribution is -2.43. The van der Waals surface area contributed by atoms with Crippen LogP contribution in [0.15, 0.2) is 24.8 Å². The van der Waals surface area contributed by atoms with Crippen LogP contribution in [0.4, 0.5) is 4.79 Å². The summed E-state index contributed by atoms with van der Waals surface area (Å²) in [6.07, 6.45) is 9.91. The second-order valence-corrected chi connectivity index (χ2v) is 8.08. The molecule has 0 N–H and O–H groups in total. The Kier molecular flexibility index (Phi) is 5.77. The van der Waals surface area contributed by atoms with E-state index in [-0.39, 0.29) is 6.09 Å². The molecule has 0 bridgehead atoms. The average Bonchev–Trinajstić information content (AvgIpc) is 3.10. The maximum atomic E-state index is 12.4. The lowest BCUT2D eigenvalue weighted by Gasteiger charge is -2.34. The van der Waals surface area contributed by atoms with Crippen molar-refractivity contribution in [3.8, 4) is 11.3 Å². The summed E-state index contributed by atoms with van der Waals surface area (Å²) in [4.78, 5) is 23.3. The Bertz CT molecular complexity index is 781. The Labute approximate surface area is 160 Å². The van der Waals surface area contributed by atoms with Crippen LogP contribution in [0.25, 0.3) is 11.3 Å². The number of ether oxygens (including phenoxy) is 1. The number of piperidine rings is 1. The van der Waals surface area contributed by atoms with Crippen LogP contribution in [0.1, 0.15) is 46.2 Å². The second kappa shape index (κ2) is 8.06. The third-order valence-electron chi connectivity index (χ3n) is 4.66. The van der Waals surface area contributed by atoms with E-state index in [4.69, 9.17) is 4.74 Å². The van der Waals surface area contributed by atoms with Crippen molar-refractivity contribution in [1.82, 2.24) is 24.6 Å². The Morgan fingerprint density at radius 2 is 2.07 bits per heavy atom. The molecule has 1 atom stereocenters. The summed E-state index contributed by atoms with van der Waals surface area (Å²) in [6.45, 7) is 10.0. The van der Waals surface area contributed by atoms with Crippen LogP contribution in [0.5, 0.6) is 0 Å². The Morgan fingerprint density at radius 3 is 2.78 bits per heavy atom. The van der Waals surface area contributed by atoms with Gasteiger partial charge in [0.15, 0.2) is 0 Å². The predicted molar refractivity (Wildman–Crippen MR) is 103 cm³/mol. The van der Waals surface area contributed by atoms with Gasteiger partial charge in [0.05, 0.1) is 17.6 Å². The summed E-state index contributed by atoms with van der Waals surface area (Å²) in [5, 5.41) is 4.35. The molecule has 1 amide bonds. The largest absolute Gasteiger partial charge is 0.444 e. The molecule has 3 heterocycles. The molecule has 2 aromatic heterocycles.